The Labute approximate surface area is 141 Å². The van der Waals surface area contributed by atoms with Crippen LogP contribution in [0.5, 0.6) is 0 Å². The van der Waals surface area contributed by atoms with E-state index in [1.54, 1.807) is 0 Å². The monoisotopic (exact) mass is 326 g/mol. The molecule has 2 fully saturated rings. The number of fused-ring (bicyclic) bond motifs is 1. The highest BCUT2D eigenvalue weighted by Gasteiger charge is 2.47. The van der Waals surface area contributed by atoms with Gasteiger partial charge in [0.2, 0.25) is 0 Å². The van der Waals surface area contributed by atoms with Gasteiger partial charge >= 0.3 is 5.97 Å². The maximum absolute atomic E-state index is 12.1. The quantitative estimate of drug-likeness (QED) is 0.682. The summed E-state index contributed by atoms with van der Waals surface area (Å²) in [7, 11) is 0. The molecule has 0 radical (unpaired) electrons. The predicted octanol–water partition coefficient (Wildman–Crippen LogP) is 4.31. The van der Waals surface area contributed by atoms with Crippen LogP contribution in [0.2, 0.25) is 0 Å². The summed E-state index contributed by atoms with van der Waals surface area (Å²) in [6.07, 6.45) is 5.04. The zero-order chi connectivity index (χ0) is 17.3. The highest BCUT2D eigenvalue weighted by molar-refractivity contribution is 5.75. The van der Waals surface area contributed by atoms with E-state index in [2.05, 4.69) is 20.8 Å². The van der Waals surface area contributed by atoms with Crippen molar-refractivity contribution in [1.29, 1.82) is 0 Å². The maximum atomic E-state index is 12.1. The van der Waals surface area contributed by atoms with Gasteiger partial charge in [0.25, 0.3) is 0 Å². The molecule has 0 bridgehead atoms. The fraction of sp³-hybridized carbons (Fsp3) is 0.947. The highest BCUT2D eigenvalue weighted by Crippen LogP contribution is 2.41. The summed E-state index contributed by atoms with van der Waals surface area (Å²) in [5.41, 5.74) is -0.389. The molecule has 0 amide bonds. The lowest BCUT2D eigenvalue weighted by Gasteiger charge is -2.30. The molecule has 0 aromatic heterocycles. The summed E-state index contributed by atoms with van der Waals surface area (Å²) < 4.78 is 18.0. The molecule has 1 aliphatic heterocycles. The molecule has 2 aliphatic rings. The van der Waals surface area contributed by atoms with Crippen LogP contribution >= 0.6 is 0 Å². The number of hydrogen-bond donors (Lipinski definition) is 0. The summed E-state index contributed by atoms with van der Waals surface area (Å²) in [4.78, 5) is 12.1. The van der Waals surface area contributed by atoms with Crippen LogP contribution in [0.1, 0.15) is 73.6 Å². The molecular weight excluding hydrogens is 292 g/mol. The second-order valence-corrected chi connectivity index (χ2v) is 8.56. The van der Waals surface area contributed by atoms with Crippen LogP contribution in [0.15, 0.2) is 0 Å². The molecule has 4 atom stereocenters. The molecule has 23 heavy (non-hydrogen) atoms. The lowest BCUT2D eigenvalue weighted by atomic mass is 9.85. The number of ether oxygens (including phenoxy) is 3. The first kappa shape index (κ1) is 18.7. The van der Waals surface area contributed by atoms with Crippen molar-refractivity contribution in [3.8, 4) is 0 Å². The average molecular weight is 326 g/mol. The zero-order valence-corrected chi connectivity index (χ0v) is 15.7. The molecule has 0 aromatic carbocycles. The molecule has 4 heteroatoms. The Bertz CT molecular complexity index is 418. The summed E-state index contributed by atoms with van der Waals surface area (Å²) in [6, 6.07) is 0. The largest absolute Gasteiger partial charge is 0.465 e. The van der Waals surface area contributed by atoms with Crippen molar-refractivity contribution in [2.45, 2.75) is 91.6 Å². The van der Waals surface area contributed by atoms with Gasteiger partial charge in [0, 0.05) is 6.42 Å². The van der Waals surface area contributed by atoms with Gasteiger partial charge in [-0.3, -0.25) is 4.79 Å². The summed E-state index contributed by atoms with van der Waals surface area (Å²) in [5, 5.41) is 0. The molecular formula is C19H34O4. The fourth-order valence-corrected chi connectivity index (χ4v) is 3.63. The molecule has 1 saturated carbocycles. The van der Waals surface area contributed by atoms with Crippen LogP contribution in [0, 0.1) is 17.3 Å². The number of carbonyl (C=O) groups excluding carboxylic acids is 1. The Morgan fingerprint density at radius 1 is 1.26 bits per heavy atom. The second kappa shape index (κ2) is 7.10. The van der Waals surface area contributed by atoms with Crippen molar-refractivity contribution >= 4 is 5.97 Å². The SMILES string of the molecule is CCC(C)(C)C(=O)OCC1CCC2OC(C)(CC(C)C)OC2C1. The van der Waals surface area contributed by atoms with Gasteiger partial charge in [-0.05, 0) is 58.3 Å². The lowest BCUT2D eigenvalue weighted by Crippen LogP contribution is -2.34. The van der Waals surface area contributed by atoms with Crippen LogP contribution in [-0.4, -0.2) is 30.6 Å². The molecule has 0 aromatic rings. The third-order valence-corrected chi connectivity index (χ3v) is 5.31. The van der Waals surface area contributed by atoms with Crippen molar-refractivity contribution in [2.24, 2.45) is 17.3 Å². The van der Waals surface area contributed by atoms with Crippen LogP contribution in [-0.2, 0) is 19.0 Å². The fourth-order valence-electron chi connectivity index (χ4n) is 3.63. The van der Waals surface area contributed by atoms with Gasteiger partial charge in [-0.1, -0.05) is 20.8 Å². The van der Waals surface area contributed by atoms with Gasteiger partial charge in [-0.2, -0.15) is 0 Å². The molecule has 2 rings (SSSR count). The Hall–Kier alpha value is -0.610. The van der Waals surface area contributed by atoms with E-state index in [0.717, 1.165) is 32.1 Å². The van der Waals surface area contributed by atoms with E-state index in [9.17, 15) is 4.79 Å². The van der Waals surface area contributed by atoms with Gasteiger partial charge in [0.15, 0.2) is 5.79 Å². The Morgan fingerprint density at radius 2 is 1.91 bits per heavy atom. The van der Waals surface area contributed by atoms with Gasteiger partial charge in [0.05, 0.1) is 24.2 Å². The predicted molar refractivity (Wildman–Crippen MR) is 90.0 cm³/mol. The minimum Gasteiger partial charge on any atom is -0.465 e. The first-order chi connectivity index (χ1) is 10.6. The second-order valence-electron chi connectivity index (χ2n) is 8.56. The van der Waals surface area contributed by atoms with Crippen molar-refractivity contribution < 1.29 is 19.0 Å². The zero-order valence-electron chi connectivity index (χ0n) is 15.7. The van der Waals surface area contributed by atoms with E-state index in [0.29, 0.717) is 18.4 Å². The van der Waals surface area contributed by atoms with Crippen molar-refractivity contribution in [3.63, 3.8) is 0 Å². The summed E-state index contributed by atoms with van der Waals surface area (Å²) in [6.45, 7) is 12.9. The molecule has 1 saturated heterocycles. The van der Waals surface area contributed by atoms with E-state index in [1.807, 2.05) is 20.8 Å². The van der Waals surface area contributed by atoms with Gasteiger partial charge in [-0.15, -0.1) is 0 Å². The van der Waals surface area contributed by atoms with E-state index in [-0.39, 0.29) is 23.6 Å². The maximum Gasteiger partial charge on any atom is 0.311 e. The average Bonchev–Trinajstić information content (AvgIpc) is 2.78. The van der Waals surface area contributed by atoms with E-state index < -0.39 is 5.79 Å². The van der Waals surface area contributed by atoms with Crippen LogP contribution in [0.3, 0.4) is 0 Å². The molecule has 4 nitrogen and oxygen atoms in total. The third-order valence-electron chi connectivity index (χ3n) is 5.31. The van der Waals surface area contributed by atoms with E-state index in [4.69, 9.17) is 14.2 Å². The number of esters is 1. The van der Waals surface area contributed by atoms with E-state index in [1.165, 1.54) is 0 Å². The standard InChI is InChI=1S/C19H34O4/c1-7-18(4,5)17(20)21-12-14-8-9-15-16(10-14)23-19(6,22-15)11-13(2)3/h13-16H,7-12H2,1-6H3. The summed E-state index contributed by atoms with van der Waals surface area (Å²) in [5.74, 6) is 0.403. The van der Waals surface area contributed by atoms with Gasteiger partial charge < -0.3 is 14.2 Å². The van der Waals surface area contributed by atoms with Crippen molar-refractivity contribution in [1.82, 2.24) is 0 Å². The smallest absolute Gasteiger partial charge is 0.311 e. The number of rotatable bonds is 6. The Morgan fingerprint density at radius 3 is 2.52 bits per heavy atom. The van der Waals surface area contributed by atoms with Crippen LogP contribution in [0.25, 0.3) is 0 Å². The normalized spacial score (nSPS) is 34.5. The van der Waals surface area contributed by atoms with Crippen molar-refractivity contribution in [2.75, 3.05) is 6.61 Å². The number of carbonyl (C=O) groups is 1. The highest BCUT2D eigenvalue weighted by atomic mass is 16.8. The van der Waals surface area contributed by atoms with Crippen molar-refractivity contribution in [3.05, 3.63) is 0 Å². The molecule has 1 aliphatic carbocycles. The van der Waals surface area contributed by atoms with Gasteiger partial charge in [-0.25, -0.2) is 0 Å². The Kier molecular flexibility index (Phi) is 5.78. The van der Waals surface area contributed by atoms with Gasteiger partial charge in [0.1, 0.15) is 0 Å². The minimum atomic E-state index is -0.445. The summed E-state index contributed by atoms with van der Waals surface area (Å²) >= 11 is 0. The number of hydrogen-bond acceptors (Lipinski definition) is 4. The topological polar surface area (TPSA) is 44.8 Å². The van der Waals surface area contributed by atoms with Crippen LogP contribution in [0.4, 0.5) is 0 Å². The molecule has 4 unspecified atom stereocenters. The molecule has 0 spiro atoms. The lowest BCUT2D eigenvalue weighted by molar-refractivity contribution is -0.171. The third kappa shape index (κ3) is 4.69. The Balaban J connectivity index is 1.83. The molecule has 134 valence electrons. The first-order valence-corrected chi connectivity index (χ1v) is 9.18. The van der Waals surface area contributed by atoms with Crippen LogP contribution < -0.4 is 0 Å². The molecule has 0 N–H and O–H groups in total. The first-order valence-electron chi connectivity index (χ1n) is 9.18. The molecule has 1 heterocycles. The van der Waals surface area contributed by atoms with E-state index >= 15 is 0 Å². The minimum absolute atomic E-state index is 0.0876.